The Bertz CT molecular complexity index is 499. The van der Waals surface area contributed by atoms with E-state index in [1.807, 2.05) is 32.0 Å². The number of rotatable bonds is 5. The summed E-state index contributed by atoms with van der Waals surface area (Å²) >= 11 is 0. The van der Waals surface area contributed by atoms with E-state index in [0.29, 0.717) is 6.54 Å². The van der Waals surface area contributed by atoms with Crippen LogP contribution in [0.5, 0.6) is 0 Å². The predicted octanol–water partition coefficient (Wildman–Crippen LogP) is 1.59. The minimum Gasteiger partial charge on any atom is -0.298 e. The summed E-state index contributed by atoms with van der Waals surface area (Å²) in [5.74, 6) is 0. The van der Waals surface area contributed by atoms with E-state index < -0.39 is 10.0 Å². The lowest BCUT2D eigenvalue weighted by Gasteiger charge is -2.17. The van der Waals surface area contributed by atoms with Crippen molar-refractivity contribution in [1.29, 1.82) is 0 Å². The zero-order valence-electron chi connectivity index (χ0n) is 11.5. The Morgan fingerprint density at radius 2 is 2.00 bits per heavy atom. The molecule has 1 aliphatic rings. The third-order valence-corrected chi connectivity index (χ3v) is 5.38. The zero-order valence-corrected chi connectivity index (χ0v) is 12.4. The Labute approximate surface area is 115 Å². The van der Waals surface area contributed by atoms with Gasteiger partial charge in [-0.05, 0) is 32.4 Å². The molecule has 0 spiro atoms. The minimum atomic E-state index is -3.18. The van der Waals surface area contributed by atoms with Crippen molar-refractivity contribution >= 4 is 10.0 Å². The molecule has 1 saturated heterocycles. The molecule has 1 heterocycles. The van der Waals surface area contributed by atoms with Gasteiger partial charge in [0, 0.05) is 19.1 Å². The van der Waals surface area contributed by atoms with Crippen LogP contribution in [-0.2, 0) is 16.6 Å². The number of hydrogen-bond acceptors (Lipinski definition) is 3. The Morgan fingerprint density at radius 3 is 2.63 bits per heavy atom. The van der Waals surface area contributed by atoms with Gasteiger partial charge in [0.1, 0.15) is 0 Å². The Morgan fingerprint density at radius 1 is 1.32 bits per heavy atom. The zero-order chi connectivity index (χ0) is 13.9. The van der Waals surface area contributed by atoms with E-state index in [1.165, 1.54) is 5.56 Å². The van der Waals surface area contributed by atoms with E-state index in [2.05, 4.69) is 21.8 Å². The summed E-state index contributed by atoms with van der Waals surface area (Å²) in [6.45, 7) is 6.01. The maximum absolute atomic E-state index is 12.1. The quantitative estimate of drug-likeness (QED) is 0.892. The van der Waals surface area contributed by atoms with Crippen LogP contribution >= 0.6 is 0 Å². The highest BCUT2D eigenvalue weighted by atomic mass is 32.2. The van der Waals surface area contributed by atoms with Gasteiger partial charge in [0.05, 0.1) is 5.25 Å². The number of benzene rings is 1. The fraction of sp³-hybridized carbons (Fsp3) is 0.571. The van der Waals surface area contributed by atoms with Crippen LogP contribution in [0, 0.1) is 0 Å². The van der Waals surface area contributed by atoms with Crippen molar-refractivity contribution in [3.05, 3.63) is 35.9 Å². The second-order valence-corrected chi connectivity index (χ2v) is 7.44. The number of hydrogen-bond donors (Lipinski definition) is 1. The monoisotopic (exact) mass is 282 g/mol. The van der Waals surface area contributed by atoms with Crippen molar-refractivity contribution in [3.8, 4) is 0 Å². The topological polar surface area (TPSA) is 49.4 Å². The van der Waals surface area contributed by atoms with E-state index in [0.717, 1.165) is 19.5 Å². The molecule has 0 amide bonds. The van der Waals surface area contributed by atoms with E-state index in [-0.39, 0.29) is 11.3 Å². The molecule has 1 unspecified atom stereocenters. The molecule has 1 N–H and O–H groups in total. The predicted molar refractivity (Wildman–Crippen MR) is 77.3 cm³/mol. The molecule has 2 rings (SSSR count). The molecule has 1 aromatic carbocycles. The van der Waals surface area contributed by atoms with Crippen LogP contribution in [0.15, 0.2) is 30.3 Å². The fourth-order valence-electron chi connectivity index (χ4n) is 2.46. The highest BCUT2D eigenvalue weighted by Crippen LogP contribution is 2.18. The first-order chi connectivity index (χ1) is 8.97. The van der Waals surface area contributed by atoms with Crippen LogP contribution in [0.25, 0.3) is 0 Å². The molecule has 1 aliphatic heterocycles. The summed E-state index contributed by atoms with van der Waals surface area (Å²) < 4.78 is 26.9. The highest BCUT2D eigenvalue weighted by Gasteiger charge is 2.33. The molecule has 1 aromatic rings. The molecular formula is C14H22N2O2S. The first-order valence-electron chi connectivity index (χ1n) is 6.75. The molecule has 5 heteroatoms. The average molecular weight is 282 g/mol. The summed E-state index contributed by atoms with van der Waals surface area (Å²) in [6.07, 6.45) is 0.717. The molecule has 4 nitrogen and oxygen atoms in total. The summed E-state index contributed by atoms with van der Waals surface area (Å²) in [5, 5.41) is -0.279. The van der Waals surface area contributed by atoms with Crippen molar-refractivity contribution in [1.82, 2.24) is 9.62 Å². The first-order valence-corrected chi connectivity index (χ1v) is 8.29. The van der Waals surface area contributed by atoms with Crippen LogP contribution in [0.1, 0.15) is 25.8 Å². The SMILES string of the molecule is CC(C)NS(=O)(=O)C1CCN(Cc2ccccc2)C1. The van der Waals surface area contributed by atoms with Crippen molar-refractivity contribution < 1.29 is 8.42 Å². The Hall–Kier alpha value is -0.910. The summed E-state index contributed by atoms with van der Waals surface area (Å²) in [6, 6.07) is 10.1. The lowest BCUT2D eigenvalue weighted by Crippen LogP contribution is -2.39. The standard InChI is InChI=1S/C14H22N2O2S/c1-12(2)15-19(17,18)14-8-9-16(11-14)10-13-6-4-3-5-7-13/h3-7,12,14-15H,8-11H2,1-2H3. The van der Waals surface area contributed by atoms with Crippen LogP contribution in [0.2, 0.25) is 0 Å². The molecule has 1 atom stereocenters. The molecule has 106 valence electrons. The molecule has 0 saturated carbocycles. The third kappa shape index (κ3) is 4.03. The van der Waals surface area contributed by atoms with Gasteiger partial charge in [-0.2, -0.15) is 0 Å². The Balaban J connectivity index is 1.93. The van der Waals surface area contributed by atoms with Gasteiger partial charge in [0.2, 0.25) is 10.0 Å². The van der Waals surface area contributed by atoms with Crippen LogP contribution < -0.4 is 4.72 Å². The molecule has 0 radical (unpaired) electrons. The summed E-state index contributed by atoms with van der Waals surface area (Å²) in [5.41, 5.74) is 1.23. The van der Waals surface area contributed by atoms with Gasteiger partial charge in [0.15, 0.2) is 0 Å². The van der Waals surface area contributed by atoms with Crippen LogP contribution in [-0.4, -0.2) is 37.7 Å². The summed E-state index contributed by atoms with van der Waals surface area (Å²) in [4.78, 5) is 2.21. The maximum Gasteiger partial charge on any atom is 0.216 e. The van der Waals surface area contributed by atoms with E-state index >= 15 is 0 Å². The van der Waals surface area contributed by atoms with Gasteiger partial charge in [-0.15, -0.1) is 0 Å². The summed E-state index contributed by atoms with van der Waals surface area (Å²) in [7, 11) is -3.18. The van der Waals surface area contributed by atoms with Crippen molar-refractivity contribution in [2.75, 3.05) is 13.1 Å². The molecule has 0 aliphatic carbocycles. The normalized spacial score (nSPS) is 21.1. The van der Waals surface area contributed by atoms with Crippen molar-refractivity contribution in [3.63, 3.8) is 0 Å². The van der Waals surface area contributed by atoms with E-state index in [4.69, 9.17) is 0 Å². The molecule has 19 heavy (non-hydrogen) atoms. The highest BCUT2D eigenvalue weighted by molar-refractivity contribution is 7.90. The smallest absolute Gasteiger partial charge is 0.216 e. The lowest BCUT2D eigenvalue weighted by atomic mass is 10.2. The van der Waals surface area contributed by atoms with Crippen LogP contribution in [0.4, 0.5) is 0 Å². The molecule has 0 bridgehead atoms. The molecular weight excluding hydrogens is 260 g/mol. The van der Waals surface area contributed by atoms with Crippen LogP contribution in [0.3, 0.4) is 0 Å². The number of nitrogens with one attached hydrogen (secondary N) is 1. The second kappa shape index (κ2) is 6.03. The van der Waals surface area contributed by atoms with E-state index in [9.17, 15) is 8.42 Å². The van der Waals surface area contributed by atoms with E-state index in [1.54, 1.807) is 0 Å². The third-order valence-electron chi connectivity index (χ3n) is 3.32. The number of nitrogens with zero attached hydrogens (tertiary/aromatic N) is 1. The van der Waals surface area contributed by atoms with Gasteiger partial charge in [0.25, 0.3) is 0 Å². The van der Waals surface area contributed by atoms with Gasteiger partial charge in [-0.25, -0.2) is 13.1 Å². The largest absolute Gasteiger partial charge is 0.298 e. The average Bonchev–Trinajstić information content (AvgIpc) is 2.78. The van der Waals surface area contributed by atoms with Gasteiger partial charge in [-0.1, -0.05) is 30.3 Å². The maximum atomic E-state index is 12.1. The van der Waals surface area contributed by atoms with Gasteiger partial charge >= 0.3 is 0 Å². The lowest BCUT2D eigenvalue weighted by molar-refractivity contribution is 0.331. The molecule has 1 fully saturated rings. The number of sulfonamides is 1. The minimum absolute atomic E-state index is 0.0341. The van der Waals surface area contributed by atoms with Crippen molar-refractivity contribution in [2.45, 2.75) is 38.1 Å². The fourth-order valence-corrected chi connectivity index (χ4v) is 4.13. The van der Waals surface area contributed by atoms with Gasteiger partial charge in [-0.3, -0.25) is 4.90 Å². The van der Waals surface area contributed by atoms with Gasteiger partial charge < -0.3 is 0 Å². The number of likely N-dealkylation sites (tertiary alicyclic amines) is 1. The second-order valence-electron chi connectivity index (χ2n) is 5.45. The molecule has 0 aromatic heterocycles. The van der Waals surface area contributed by atoms with Crippen molar-refractivity contribution in [2.24, 2.45) is 0 Å². The first kappa shape index (κ1) is 14.5. The Kier molecular flexibility index (Phi) is 4.60.